The highest BCUT2D eigenvalue weighted by molar-refractivity contribution is 9.10. The molecule has 0 saturated carbocycles. The lowest BCUT2D eigenvalue weighted by atomic mass is 9.90. The normalized spacial score (nSPS) is 23.6. The van der Waals surface area contributed by atoms with Gasteiger partial charge < -0.3 is 0 Å². The van der Waals surface area contributed by atoms with Crippen LogP contribution in [0.1, 0.15) is 11.6 Å². The molecule has 0 spiro atoms. The Morgan fingerprint density at radius 3 is 2.00 bits per heavy atom. The van der Waals surface area contributed by atoms with Crippen molar-refractivity contribution >= 4 is 39.1 Å². The van der Waals surface area contributed by atoms with Gasteiger partial charge in [0.25, 0.3) is 5.91 Å². The van der Waals surface area contributed by atoms with Crippen molar-refractivity contribution in [1.82, 2.24) is 0 Å². The fourth-order valence-electron chi connectivity index (χ4n) is 4.05. The maximum Gasteiger partial charge on any atom is 0.266 e. The van der Waals surface area contributed by atoms with Gasteiger partial charge in [0.05, 0.1) is 17.4 Å². The Balaban J connectivity index is 1.58. The molecule has 6 heteroatoms. The minimum absolute atomic E-state index is 0.241. The fourth-order valence-corrected chi connectivity index (χ4v) is 4.31. The van der Waals surface area contributed by atoms with Crippen molar-refractivity contribution < 1.29 is 14.4 Å². The molecule has 2 aliphatic rings. The number of para-hydroxylation sites is 1. The largest absolute Gasteiger partial charge is 0.273 e. The Kier molecular flexibility index (Phi) is 4.45. The third-order valence-corrected chi connectivity index (χ3v) is 5.88. The van der Waals surface area contributed by atoms with E-state index >= 15 is 0 Å². The van der Waals surface area contributed by atoms with Gasteiger partial charge in [-0.2, -0.15) is 0 Å². The second-order valence-corrected chi connectivity index (χ2v) is 7.97. The lowest BCUT2D eigenvalue weighted by Gasteiger charge is -2.28. The second-order valence-electron chi connectivity index (χ2n) is 7.06. The van der Waals surface area contributed by atoms with Gasteiger partial charge in [0, 0.05) is 4.47 Å². The number of hydrogen-bond acceptors (Lipinski definition) is 4. The van der Waals surface area contributed by atoms with Crippen molar-refractivity contribution in [1.29, 1.82) is 0 Å². The van der Waals surface area contributed by atoms with Gasteiger partial charge in [0.15, 0.2) is 6.10 Å². The van der Waals surface area contributed by atoms with Gasteiger partial charge in [-0.3, -0.25) is 14.4 Å². The topological polar surface area (TPSA) is 49.9 Å². The van der Waals surface area contributed by atoms with E-state index in [2.05, 4.69) is 15.9 Å². The minimum Gasteiger partial charge on any atom is -0.273 e. The molecular formula is C23H17BrN2O3. The lowest BCUT2D eigenvalue weighted by molar-refractivity contribution is -0.126. The summed E-state index contributed by atoms with van der Waals surface area (Å²) in [5.41, 5.74) is 2.30. The van der Waals surface area contributed by atoms with E-state index in [9.17, 15) is 9.59 Å². The highest BCUT2D eigenvalue weighted by Crippen LogP contribution is 2.47. The first-order chi connectivity index (χ1) is 14.1. The number of halogens is 1. The van der Waals surface area contributed by atoms with Gasteiger partial charge in [-0.25, -0.2) is 9.96 Å². The molecule has 2 amide bonds. The van der Waals surface area contributed by atoms with Crippen LogP contribution in [-0.4, -0.2) is 17.9 Å². The first-order valence-electron chi connectivity index (χ1n) is 9.34. The predicted molar refractivity (Wildman–Crippen MR) is 113 cm³/mol. The average Bonchev–Trinajstić information content (AvgIpc) is 3.27. The third-order valence-electron chi connectivity index (χ3n) is 5.35. The van der Waals surface area contributed by atoms with E-state index in [0.717, 1.165) is 15.7 Å². The molecule has 0 aliphatic carbocycles. The van der Waals surface area contributed by atoms with Gasteiger partial charge in [0.2, 0.25) is 5.91 Å². The van der Waals surface area contributed by atoms with Crippen molar-refractivity contribution in [3.63, 3.8) is 0 Å². The summed E-state index contributed by atoms with van der Waals surface area (Å²) in [4.78, 5) is 34.0. The molecule has 2 heterocycles. The quantitative estimate of drug-likeness (QED) is 0.553. The summed E-state index contributed by atoms with van der Waals surface area (Å²) < 4.78 is 0.884. The van der Waals surface area contributed by atoms with Gasteiger partial charge in [0.1, 0.15) is 5.92 Å². The van der Waals surface area contributed by atoms with Crippen LogP contribution in [0.25, 0.3) is 0 Å². The van der Waals surface area contributed by atoms with Gasteiger partial charge in [-0.05, 0) is 42.0 Å². The van der Waals surface area contributed by atoms with Crippen LogP contribution >= 0.6 is 15.9 Å². The molecule has 3 unspecified atom stereocenters. The van der Waals surface area contributed by atoms with Gasteiger partial charge >= 0.3 is 0 Å². The van der Waals surface area contributed by atoms with Crippen LogP contribution in [0.2, 0.25) is 0 Å². The molecular weight excluding hydrogens is 432 g/mol. The van der Waals surface area contributed by atoms with E-state index in [-0.39, 0.29) is 17.9 Å². The molecule has 5 rings (SSSR count). The second kappa shape index (κ2) is 7.13. The number of benzene rings is 3. The molecule has 0 N–H and O–H groups in total. The maximum atomic E-state index is 13.4. The zero-order chi connectivity index (χ0) is 20.0. The van der Waals surface area contributed by atoms with E-state index in [1.54, 1.807) is 17.2 Å². The average molecular weight is 449 g/mol. The number of carbonyl (C=O) groups is 2. The number of imide groups is 1. The lowest BCUT2D eigenvalue weighted by Crippen LogP contribution is -2.37. The maximum absolute atomic E-state index is 13.4. The van der Waals surface area contributed by atoms with Crippen LogP contribution in [0, 0.1) is 5.92 Å². The number of hydroxylamine groups is 1. The Bertz CT molecular complexity index is 1060. The van der Waals surface area contributed by atoms with Crippen molar-refractivity contribution in [3.8, 4) is 0 Å². The molecule has 0 radical (unpaired) electrons. The first-order valence-corrected chi connectivity index (χ1v) is 10.1. The molecule has 2 fully saturated rings. The minimum atomic E-state index is -0.850. The third kappa shape index (κ3) is 2.96. The summed E-state index contributed by atoms with van der Waals surface area (Å²) in [7, 11) is 0. The van der Waals surface area contributed by atoms with E-state index in [1.165, 1.54) is 4.90 Å². The number of rotatable bonds is 3. The number of hydrogen-bond donors (Lipinski definition) is 0. The zero-order valence-electron chi connectivity index (χ0n) is 15.3. The molecule has 144 valence electrons. The molecule has 0 aromatic heterocycles. The number of carbonyl (C=O) groups excluding carboxylic acids is 2. The highest BCUT2D eigenvalue weighted by Gasteiger charge is 2.60. The van der Waals surface area contributed by atoms with Crippen LogP contribution in [0.15, 0.2) is 89.4 Å². The van der Waals surface area contributed by atoms with Gasteiger partial charge in [-0.15, -0.1) is 0 Å². The summed E-state index contributed by atoms with van der Waals surface area (Å²) in [5.74, 6) is -1.19. The Labute approximate surface area is 176 Å². The number of amides is 2. The molecule has 3 aromatic rings. The van der Waals surface area contributed by atoms with Crippen LogP contribution in [0.5, 0.6) is 0 Å². The molecule has 2 saturated heterocycles. The van der Waals surface area contributed by atoms with Crippen LogP contribution < -0.4 is 9.96 Å². The summed E-state index contributed by atoms with van der Waals surface area (Å²) in [6, 6.07) is 26.0. The Morgan fingerprint density at radius 1 is 0.724 bits per heavy atom. The van der Waals surface area contributed by atoms with Crippen molar-refractivity contribution in [3.05, 3.63) is 95.0 Å². The van der Waals surface area contributed by atoms with Crippen LogP contribution in [0.4, 0.5) is 11.4 Å². The molecule has 2 aliphatic heterocycles. The van der Waals surface area contributed by atoms with Crippen molar-refractivity contribution in [2.45, 2.75) is 12.1 Å². The van der Waals surface area contributed by atoms with Crippen molar-refractivity contribution in [2.75, 3.05) is 9.96 Å². The number of nitrogens with zero attached hydrogens (tertiary/aromatic N) is 2. The molecule has 0 bridgehead atoms. The fraction of sp³-hybridized carbons (Fsp3) is 0.130. The van der Waals surface area contributed by atoms with E-state index in [0.29, 0.717) is 5.69 Å². The van der Waals surface area contributed by atoms with Gasteiger partial charge in [-0.1, -0.05) is 64.5 Å². The van der Waals surface area contributed by atoms with Crippen molar-refractivity contribution in [2.24, 2.45) is 5.92 Å². The molecule has 3 atom stereocenters. The standard InChI is InChI=1S/C23H17BrN2O3/c24-16-11-13-17(14-12-16)25-22(27)19-20(15-7-3-1-4-8-15)26(29-21(19)23(25)28)18-9-5-2-6-10-18/h1-14,19-21H. The van der Waals surface area contributed by atoms with Crippen LogP contribution in [-0.2, 0) is 14.4 Å². The highest BCUT2D eigenvalue weighted by atomic mass is 79.9. The first kappa shape index (κ1) is 18.1. The Morgan fingerprint density at radius 2 is 1.34 bits per heavy atom. The van der Waals surface area contributed by atoms with Crippen LogP contribution in [0.3, 0.4) is 0 Å². The predicted octanol–water partition coefficient (Wildman–Crippen LogP) is 4.50. The monoisotopic (exact) mass is 448 g/mol. The summed E-state index contributed by atoms with van der Waals surface area (Å²) in [6.45, 7) is 0. The molecule has 5 nitrogen and oxygen atoms in total. The van der Waals surface area contributed by atoms with E-state index in [4.69, 9.17) is 4.84 Å². The zero-order valence-corrected chi connectivity index (χ0v) is 16.9. The molecule has 3 aromatic carbocycles. The number of anilines is 2. The number of fused-ring (bicyclic) bond motifs is 1. The Hall–Kier alpha value is -2.96. The summed E-state index contributed by atoms with van der Waals surface area (Å²) in [5, 5.41) is 1.71. The van der Waals surface area contributed by atoms with E-state index in [1.807, 2.05) is 72.8 Å². The smallest absolute Gasteiger partial charge is 0.266 e. The SMILES string of the molecule is O=C1C2ON(c3ccccc3)C(c3ccccc3)C2C(=O)N1c1ccc(Br)cc1. The molecule has 29 heavy (non-hydrogen) atoms. The summed E-state index contributed by atoms with van der Waals surface area (Å²) in [6.07, 6.45) is -0.850. The van der Waals surface area contributed by atoms with E-state index < -0.39 is 12.0 Å². The summed E-state index contributed by atoms with van der Waals surface area (Å²) >= 11 is 3.39.